The van der Waals surface area contributed by atoms with Gasteiger partial charge in [0.15, 0.2) is 5.69 Å². The van der Waals surface area contributed by atoms with E-state index in [1.807, 2.05) is 0 Å². The van der Waals surface area contributed by atoms with E-state index < -0.39 is 5.97 Å². The summed E-state index contributed by atoms with van der Waals surface area (Å²) in [5.41, 5.74) is 6.18. The number of esters is 1. The minimum absolute atomic E-state index is 0.200. The number of carbonyl (C=O) groups excluding carboxylic acids is 1. The Balaban J connectivity index is 2.50. The second-order valence-corrected chi connectivity index (χ2v) is 4.10. The van der Waals surface area contributed by atoms with Crippen molar-refractivity contribution in [1.29, 1.82) is 0 Å². The first-order chi connectivity index (χ1) is 7.54. The third-order valence-corrected chi connectivity index (χ3v) is 2.33. The van der Waals surface area contributed by atoms with Gasteiger partial charge in [0.1, 0.15) is 0 Å². The van der Waals surface area contributed by atoms with Gasteiger partial charge in [0.05, 0.1) is 12.3 Å². The SMILES string of the molecule is CCCC(C)COC(=O)c1nn(C)cc1N. The summed E-state index contributed by atoms with van der Waals surface area (Å²) in [6.07, 6.45) is 3.72. The summed E-state index contributed by atoms with van der Waals surface area (Å²) in [6, 6.07) is 0. The van der Waals surface area contributed by atoms with Crippen molar-refractivity contribution in [3.05, 3.63) is 11.9 Å². The van der Waals surface area contributed by atoms with Gasteiger partial charge in [-0.05, 0) is 12.3 Å². The van der Waals surface area contributed by atoms with Crippen molar-refractivity contribution in [2.24, 2.45) is 13.0 Å². The Morgan fingerprint density at radius 1 is 1.69 bits per heavy atom. The van der Waals surface area contributed by atoms with Crippen molar-refractivity contribution >= 4 is 11.7 Å². The van der Waals surface area contributed by atoms with Gasteiger partial charge in [-0.3, -0.25) is 4.68 Å². The van der Waals surface area contributed by atoms with Gasteiger partial charge in [-0.1, -0.05) is 20.3 Å². The normalized spacial score (nSPS) is 12.4. The molecule has 1 heterocycles. The Bertz CT molecular complexity index is 360. The molecule has 1 unspecified atom stereocenters. The summed E-state index contributed by atoms with van der Waals surface area (Å²) < 4.78 is 6.64. The second-order valence-electron chi connectivity index (χ2n) is 4.10. The monoisotopic (exact) mass is 225 g/mol. The number of carbonyl (C=O) groups is 1. The van der Waals surface area contributed by atoms with Gasteiger partial charge in [-0.2, -0.15) is 5.10 Å². The molecule has 0 saturated carbocycles. The van der Waals surface area contributed by atoms with E-state index in [2.05, 4.69) is 18.9 Å². The molecule has 5 heteroatoms. The van der Waals surface area contributed by atoms with Crippen LogP contribution in [0.1, 0.15) is 37.2 Å². The standard InChI is InChI=1S/C11H19N3O2/c1-4-5-8(2)7-16-11(15)10-9(12)6-14(3)13-10/h6,8H,4-5,7,12H2,1-3H3. The number of aromatic nitrogens is 2. The zero-order chi connectivity index (χ0) is 12.1. The van der Waals surface area contributed by atoms with Crippen molar-refractivity contribution in [1.82, 2.24) is 9.78 Å². The maximum absolute atomic E-state index is 11.6. The van der Waals surface area contributed by atoms with Crippen LogP contribution in [-0.4, -0.2) is 22.4 Å². The highest BCUT2D eigenvalue weighted by molar-refractivity contribution is 5.92. The number of hydrogen-bond donors (Lipinski definition) is 1. The number of hydrogen-bond acceptors (Lipinski definition) is 4. The van der Waals surface area contributed by atoms with Crippen LogP contribution in [-0.2, 0) is 11.8 Å². The van der Waals surface area contributed by atoms with E-state index in [0.29, 0.717) is 18.2 Å². The molecule has 16 heavy (non-hydrogen) atoms. The average Bonchev–Trinajstić information content (AvgIpc) is 2.55. The average molecular weight is 225 g/mol. The molecule has 0 aliphatic heterocycles. The molecule has 0 radical (unpaired) electrons. The summed E-state index contributed by atoms with van der Waals surface area (Å²) in [5, 5.41) is 3.95. The van der Waals surface area contributed by atoms with E-state index in [-0.39, 0.29) is 5.69 Å². The summed E-state index contributed by atoms with van der Waals surface area (Å²) in [5.74, 6) is -0.0695. The van der Waals surface area contributed by atoms with E-state index >= 15 is 0 Å². The number of nitrogens with two attached hydrogens (primary N) is 1. The maximum atomic E-state index is 11.6. The minimum Gasteiger partial charge on any atom is -0.461 e. The van der Waals surface area contributed by atoms with E-state index in [4.69, 9.17) is 10.5 Å². The fraction of sp³-hybridized carbons (Fsp3) is 0.636. The molecule has 0 aromatic carbocycles. The molecule has 0 aliphatic carbocycles. The highest BCUT2D eigenvalue weighted by Gasteiger charge is 2.16. The van der Waals surface area contributed by atoms with Gasteiger partial charge in [0.2, 0.25) is 0 Å². The molecule has 1 atom stereocenters. The van der Waals surface area contributed by atoms with Crippen molar-refractivity contribution in [3.63, 3.8) is 0 Å². The largest absolute Gasteiger partial charge is 0.461 e. The lowest BCUT2D eigenvalue weighted by Crippen LogP contribution is -2.14. The predicted molar refractivity (Wildman–Crippen MR) is 62.0 cm³/mol. The third-order valence-electron chi connectivity index (χ3n) is 2.33. The number of anilines is 1. The van der Waals surface area contributed by atoms with Gasteiger partial charge in [0.25, 0.3) is 0 Å². The fourth-order valence-electron chi connectivity index (χ4n) is 1.53. The Hall–Kier alpha value is -1.52. The molecule has 90 valence electrons. The third kappa shape index (κ3) is 3.25. The number of ether oxygens (including phenoxy) is 1. The van der Waals surface area contributed by atoms with Crippen LogP contribution in [0.15, 0.2) is 6.20 Å². The van der Waals surface area contributed by atoms with E-state index in [1.54, 1.807) is 13.2 Å². The van der Waals surface area contributed by atoms with Crippen molar-refractivity contribution < 1.29 is 9.53 Å². The molecule has 2 N–H and O–H groups in total. The lowest BCUT2D eigenvalue weighted by molar-refractivity contribution is 0.0437. The number of rotatable bonds is 5. The number of aryl methyl sites for hydroxylation is 1. The summed E-state index contributed by atoms with van der Waals surface area (Å²) in [6.45, 7) is 4.58. The molecule has 0 aliphatic rings. The predicted octanol–water partition coefficient (Wildman–Crippen LogP) is 1.60. The quantitative estimate of drug-likeness (QED) is 0.773. The first-order valence-electron chi connectivity index (χ1n) is 5.50. The molecule has 0 bridgehead atoms. The van der Waals surface area contributed by atoms with Crippen LogP contribution in [0.4, 0.5) is 5.69 Å². The van der Waals surface area contributed by atoms with Crippen LogP contribution in [0.3, 0.4) is 0 Å². The topological polar surface area (TPSA) is 70.1 Å². The van der Waals surface area contributed by atoms with Crippen LogP contribution in [0.25, 0.3) is 0 Å². The lowest BCUT2D eigenvalue weighted by atomic mass is 10.1. The Labute approximate surface area is 95.6 Å². The molecule has 0 spiro atoms. The van der Waals surface area contributed by atoms with Crippen LogP contribution in [0.5, 0.6) is 0 Å². The van der Waals surface area contributed by atoms with Gasteiger partial charge in [0, 0.05) is 13.2 Å². The number of nitrogens with zero attached hydrogens (tertiary/aromatic N) is 2. The highest BCUT2D eigenvalue weighted by atomic mass is 16.5. The highest BCUT2D eigenvalue weighted by Crippen LogP contribution is 2.11. The molecule has 0 saturated heterocycles. The van der Waals surface area contributed by atoms with Gasteiger partial charge >= 0.3 is 5.97 Å². The van der Waals surface area contributed by atoms with Crippen LogP contribution >= 0.6 is 0 Å². The summed E-state index contributed by atoms with van der Waals surface area (Å²) in [7, 11) is 1.72. The second kappa shape index (κ2) is 5.53. The minimum atomic E-state index is -0.443. The van der Waals surface area contributed by atoms with E-state index in [0.717, 1.165) is 12.8 Å². The molecular weight excluding hydrogens is 206 g/mol. The molecule has 1 aromatic heterocycles. The number of nitrogen functional groups attached to an aromatic ring is 1. The molecule has 1 aromatic rings. The lowest BCUT2D eigenvalue weighted by Gasteiger charge is -2.09. The Morgan fingerprint density at radius 2 is 2.38 bits per heavy atom. The molecular formula is C11H19N3O2. The van der Waals surface area contributed by atoms with Gasteiger partial charge in [-0.25, -0.2) is 4.79 Å². The fourth-order valence-corrected chi connectivity index (χ4v) is 1.53. The van der Waals surface area contributed by atoms with Gasteiger partial charge < -0.3 is 10.5 Å². The molecule has 0 fully saturated rings. The molecule has 1 rings (SSSR count). The summed E-state index contributed by atoms with van der Waals surface area (Å²) in [4.78, 5) is 11.6. The zero-order valence-electron chi connectivity index (χ0n) is 10.1. The summed E-state index contributed by atoms with van der Waals surface area (Å²) >= 11 is 0. The Kier molecular flexibility index (Phi) is 4.34. The van der Waals surface area contributed by atoms with E-state index in [9.17, 15) is 4.79 Å². The zero-order valence-corrected chi connectivity index (χ0v) is 10.1. The van der Waals surface area contributed by atoms with Crippen molar-refractivity contribution in [3.8, 4) is 0 Å². The maximum Gasteiger partial charge on any atom is 0.361 e. The Morgan fingerprint density at radius 3 is 2.88 bits per heavy atom. The van der Waals surface area contributed by atoms with Crippen LogP contribution < -0.4 is 5.73 Å². The van der Waals surface area contributed by atoms with Crippen LogP contribution in [0, 0.1) is 5.92 Å². The molecule has 5 nitrogen and oxygen atoms in total. The smallest absolute Gasteiger partial charge is 0.361 e. The van der Waals surface area contributed by atoms with Crippen LogP contribution in [0.2, 0.25) is 0 Å². The first-order valence-corrected chi connectivity index (χ1v) is 5.50. The van der Waals surface area contributed by atoms with Crippen molar-refractivity contribution in [2.45, 2.75) is 26.7 Å². The molecule has 0 amide bonds. The van der Waals surface area contributed by atoms with Gasteiger partial charge in [-0.15, -0.1) is 0 Å². The van der Waals surface area contributed by atoms with E-state index in [1.165, 1.54) is 4.68 Å². The first kappa shape index (κ1) is 12.5. The van der Waals surface area contributed by atoms with Crippen molar-refractivity contribution in [2.75, 3.05) is 12.3 Å².